The Morgan fingerprint density at radius 2 is 1.78 bits per heavy atom. The van der Waals surface area contributed by atoms with Gasteiger partial charge in [0.25, 0.3) is 0 Å². The smallest absolute Gasteiger partial charge is 0.341 e. The number of thiophene rings is 1. The Balaban J connectivity index is 1.44. The molecular formula is C21H24ClN3O4S3. The van der Waals surface area contributed by atoms with Crippen molar-refractivity contribution in [3.8, 4) is 0 Å². The summed E-state index contributed by atoms with van der Waals surface area (Å²) in [5.41, 5.74) is 1.65. The summed E-state index contributed by atoms with van der Waals surface area (Å²) in [6, 6.07) is 6.18. The van der Waals surface area contributed by atoms with E-state index in [0.717, 1.165) is 31.2 Å². The Morgan fingerprint density at radius 1 is 1.12 bits per heavy atom. The minimum atomic E-state index is -3.59. The van der Waals surface area contributed by atoms with Crippen LogP contribution in [0.5, 0.6) is 0 Å². The van der Waals surface area contributed by atoms with Crippen LogP contribution in [0.2, 0.25) is 5.02 Å². The summed E-state index contributed by atoms with van der Waals surface area (Å²) in [7, 11) is -2.20. The molecule has 0 bridgehead atoms. The van der Waals surface area contributed by atoms with Gasteiger partial charge in [-0.25, -0.2) is 13.2 Å². The lowest BCUT2D eigenvalue weighted by Gasteiger charge is -2.35. The molecule has 32 heavy (non-hydrogen) atoms. The molecule has 2 aromatic rings. The molecule has 0 atom stereocenters. The molecule has 0 saturated carbocycles. The Kier molecular flexibility index (Phi) is 7.06. The maximum absolute atomic E-state index is 12.9. The van der Waals surface area contributed by atoms with Crippen LogP contribution in [-0.4, -0.2) is 62.0 Å². The van der Waals surface area contributed by atoms with Gasteiger partial charge in [0.1, 0.15) is 5.00 Å². The molecule has 1 N–H and O–H groups in total. The standard InChI is InChI=1S/C21H24ClN3O4S3/c1-29-20(26)18-16-4-2-3-5-17(16)31-19(18)23-21(30)24-10-12-25(13-11-24)32(27,28)15-8-6-14(22)7-9-15/h6-9H,2-5,10-13H2,1H3,(H,23,30). The van der Waals surface area contributed by atoms with Gasteiger partial charge in [0.15, 0.2) is 5.11 Å². The number of benzene rings is 1. The molecule has 0 radical (unpaired) electrons. The lowest BCUT2D eigenvalue weighted by molar-refractivity contribution is 0.0601. The Labute approximate surface area is 202 Å². The molecule has 0 amide bonds. The third kappa shape index (κ3) is 4.65. The molecule has 0 spiro atoms. The topological polar surface area (TPSA) is 79.0 Å². The number of ether oxygens (including phenoxy) is 1. The number of methoxy groups -OCH3 is 1. The third-order valence-electron chi connectivity index (χ3n) is 5.76. The van der Waals surface area contributed by atoms with E-state index in [0.29, 0.717) is 46.9 Å². The van der Waals surface area contributed by atoms with Gasteiger partial charge in [-0.1, -0.05) is 11.6 Å². The lowest BCUT2D eigenvalue weighted by Crippen LogP contribution is -2.51. The van der Waals surface area contributed by atoms with Crippen molar-refractivity contribution >= 4 is 61.3 Å². The molecule has 172 valence electrons. The number of anilines is 1. The first-order chi connectivity index (χ1) is 15.3. The molecule has 11 heteroatoms. The van der Waals surface area contributed by atoms with Gasteiger partial charge in [0.05, 0.1) is 17.6 Å². The fourth-order valence-electron chi connectivity index (χ4n) is 4.04. The summed E-state index contributed by atoms with van der Waals surface area (Å²) in [4.78, 5) is 15.8. The number of sulfonamides is 1. The highest BCUT2D eigenvalue weighted by molar-refractivity contribution is 7.89. The van der Waals surface area contributed by atoms with Crippen LogP contribution in [0.1, 0.15) is 33.6 Å². The zero-order chi connectivity index (χ0) is 22.9. The average Bonchev–Trinajstić information content (AvgIpc) is 3.16. The number of fused-ring (bicyclic) bond motifs is 1. The molecule has 0 unspecified atom stereocenters. The first kappa shape index (κ1) is 23.4. The van der Waals surface area contributed by atoms with Crippen molar-refractivity contribution in [2.45, 2.75) is 30.6 Å². The highest BCUT2D eigenvalue weighted by atomic mass is 35.5. The summed E-state index contributed by atoms with van der Waals surface area (Å²) >= 11 is 13.0. The van der Waals surface area contributed by atoms with E-state index < -0.39 is 10.0 Å². The number of carbonyl (C=O) groups excluding carboxylic acids is 1. The van der Waals surface area contributed by atoms with Gasteiger partial charge in [-0.05, 0) is 67.7 Å². The Bertz CT molecular complexity index is 1120. The van der Waals surface area contributed by atoms with E-state index in [9.17, 15) is 13.2 Å². The van der Waals surface area contributed by atoms with Crippen LogP contribution < -0.4 is 5.32 Å². The number of rotatable bonds is 4. The molecule has 2 heterocycles. The maximum Gasteiger partial charge on any atom is 0.341 e. The second-order valence-corrected chi connectivity index (χ2v) is 11.5. The van der Waals surface area contributed by atoms with Gasteiger partial charge in [-0.2, -0.15) is 4.31 Å². The molecular weight excluding hydrogens is 490 g/mol. The van der Waals surface area contributed by atoms with Crippen LogP contribution >= 0.6 is 35.2 Å². The Morgan fingerprint density at radius 3 is 2.44 bits per heavy atom. The number of nitrogens with one attached hydrogen (secondary N) is 1. The zero-order valence-corrected chi connectivity index (χ0v) is 20.8. The van der Waals surface area contributed by atoms with E-state index in [2.05, 4.69) is 5.32 Å². The number of esters is 1. The van der Waals surface area contributed by atoms with Crippen LogP contribution in [0.4, 0.5) is 5.00 Å². The van der Waals surface area contributed by atoms with Crippen LogP contribution in [0.25, 0.3) is 0 Å². The molecule has 2 aliphatic rings. The van der Waals surface area contributed by atoms with Crippen LogP contribution in [0.15, 0.2) is 29.2 Å². The molecule has 1 aliphatic carbocycles. The summed E-state index contributed by atoms with van der Waals surface area (Å²) in [5.74, 6) is -0.353. The fraction of sp³-hybridized carbons (Fsp3) is 0.429. The number of hydrogen-bond acceptors (Lipinski definition) is 6. The Hall–Kier alpha value is -1.72. The maximum atomic E-state index is 12.9. The number of thiocarbonyl (C=S) groups is 1. The molecule has 1 aromatic heterocycles. The molecule has 1 saturated heterocycles. The first-order valence-corrected chi connectivity index (χ1v) is 13.4. The SMILES string of the molecule is COC(=O)c1c(NC(=S)N2CCN(S(=O)(=O)c3ccc(Cl)cc3)CC2)sc2c1CCCC2. The minimum absolute atomic E-state index is 0.225. The van der Waals surface area contributed by atoms with Gasteiger partial charge >= 0.3 is 5.97 Å². The van der Waals surface area contributed by atoms with Crippen molar-refractivity contribution < 1.29 is 17.9 Å². The second-order valence-electron chi connectivity index (χ2n) is 7.68. The van der Waals surface area contributed by atoms with Crippen molar-refractivity contribution in [1.82, 2.24) is 9.21 Å². The quantitative estimate of drug-likeness (QED) is 0.492. The number of carbonyl (C=O) groups is 1. The summed E-state index contributed by atoms with van der Waals surface area (Å²) < 4.78 is 32.3. The third-order valence-corrected chi connectivity index (χ3v) is 9.49. The number of piperazine rings is 1. The molecule has 1 aliphatic heterocycles. The van der Waals surface area contributed by atoms with E-state index in [1.165, 1.54) is 28.4 Å². The minimum Gasteiger partial charge on any atom is -0.465 e. The number of halogens is 1. The summed E-state index contributed by atoms with van der Waals surface area (Å²) in [6.45, 7) is 1.55. The molecule has 1 aromatic carbocycles. The van der Waals surface area contributed by atoms with E-state index in [4.69, 9.17) is 28.6 Å². The highest BCUT2D eigenvalue weighted by Gasteiger charge is 2.31. The predicted octanol–water partition coefficient (Wildman–Crippen LogP) is 3.77. The largest absolute Gasteiger partial charge is 0.465 e. The van der Waals surface area contributed by atoms with Gasteiger partial charge < -0.3 is 15.0 Å². The molecule has 7 nitrogen and oxygen atoms in total. The zero-order valence-electron chi connectivity index (χ0n) is 17.6. The van der Waals surface area contributed by atoms with Gasteiger partial charge in [-0.3, -0.25) is 0 Å². The second kappa shape index (κ2) is 9.64. The first-order valence-electron chi connectivity index (χ1n) is 10.4. The fourth-order valence-corrected chi connectivity index (χ4v) is 7.21. The van der Waals surface area contributed by atoms with Gasteiger partial charge in [-0.15, -0.1) is 11.3 Å². The van der Waals surface area contributed by atoms with Gasteiger partial charge in [0, 0.05) is 36.1 Å². The van der Waals surface area contributed by atoms with Crippen molar-refractivity contribution in [3.63, 3.8) is 0 Å². The molecule has 1 fully saturated rings. The van der Waals surface area contributed by atoms with Crippen molar-refractivity contribution in [3.05, 3.63) is 45.3 Å². The number of nitrogens with zero attached hydrogens (tertiary/aromatic N) is 2. The highest BCUT2D eigenvalue weighted by Crippen LogP contribution is 2.38. The van der Waals surface area contributed by atoms with E-state index in [1.54, 1.807) is 23.5 Å². The predicted molar refractivity (Wildman–Crippen MR) is 130 cm³/mol. The van der Waals surface area contributed by atoms with E-state index in [1.807, 2.05) is 4.90 Å². The van der Waals surface area contributed by atoms with Crippen molar-refractivity contribution in [2.24, 2.45) is 0 Å². The van der Waals surface area contributed by atoms with Gasteiger partial charge in [0.2, 0.25) is 10.0 Å². The summed E-state index contributed by atoms with van der Waals surface area (Å²) in [5, 5.41) is 4.93. The van der Waals surface area contributed by atoms with Crippen LogP contribution in [-0.2, 0) is 27.6 Å². The average molecular weight is 514 g/mol. The summed E-state index contributed by atoms with van der Waals surface area (Å²) in [6.07, 6.45) is 4.00. The van der Waals surface area contributed by atoms with E-state index in [-0.39, 0.29) is 10.9 Å². The number of hydrogen-bond donors (Lipinski definition) is 1. The lowest BCUT2D eigenvalue weighted by atomic mass is 9.95. The van der Waals surface area contributed by atoms with Crippen LogP contribution in [0.3, 0.4) is 0 Å². The molecule has 4 rings (SSSR count). The van der Waals surface area contributed by atoms with Crippen molar-refractivity contribution in [1.29, 1.82) is 0 Å². The monoisotopic (exact) mass is 513 g/mol. The number of aryl methyl sites for hydroxylation is 1. The van der Waals surface area contributed by atoms with Crippen molar-refractivity contribution in [2.75, 3.05) is 38.6 Å². The van der Waals surface area contributed by atoms with E-state index >= 15 is 0 Å². The van der Waals surface area contributed by atoms with Crippen LogP contribution in [0, 0.1) is 0 Å². The normalized spacial score (nSPS) is 17.0.